The van der Waals surface area contributed by atoms with E-state index in [1.54, 1.807) is 16.4 Å². The largest absolute Gasteiger partial charge is 0.243 e. The van der Waals surface area contributed by atoms with E-state index in [1.807, 2.05) is 12.1 Å². The summed E-state index contributed by atoms with van der Waals surface area (Å²) in [6.45, 7) is 3.52. The van der Waals surface area contributed by atoms with Crippen molar-refractivity contribution < 1.29 is 8.42 Å². The van der Waals surface area contributed by atoms with Crippen LogP contribution >= 0.6 is 0 Å². The van der Waals surface area contributed by atoms with Crippen molar-refractivity contribution in [2.75, 3.05) is 13.1 Å². The van der Waals surface area contributed by atoms with Gasteiger partial charge in [-0.1, -0.05) is 38.3 Å². The number of sulfonamides is 1. The van der Waals surface area contributed by atoms with Crippen LogP contribution in [0.4, 0.5) is 0 Å². The van der Waals surface area contributed by atoms with Crippen molar-refractivity contribution in [1.82, 2.24) is 4.31 Å². The van der Waals surface area contributed by atoms with Crippen molar-refractivity contribution >= 4 is 10.0 Å². The number of piperidine rings is 1. The first kappa shape index (κ1) is 15.5. The smallest absolute Gasteiger partial charge is 0.207 e. The molecule has 4 heteroatoms. The first-order valence-corrected chi connectivity index (χ1v) is 9.17. The molecule has 0 bridgehead atoms. The molecule has 0 unspecified atom stereocenters. The molecule has 0 aromatic heterocycles. The molecule has 112 valence electrons. The molecule has 0 atom stereocenters. The van der Waals surface area contributed by atoms with Crippen molar-refractivity contribution in [3.8, 4) is 0 Å². The molecule has 0 N–H and O–H groups in total. The minimum absolute atomic E-state index is 0.443. The maximum atomic E-state index is 12.5. The Kier molecular flexibility index (Phi) is 5.61. The van der Waals surface area contributed by atoms with Gasteiger partial charge in [0.25, 0.3) is 0 Å². The van der Waals surface area contributed by atoms with Crippen molar-refractivity contribution in [2.24, 2.45) is 0 Å². The summed E-state index contributed by atoms with van der Waals surface area (Å²) in [7, 11) is -3.27. The monoisotopic (exact) mass is 295 g/mol. The van der Waals surface area contributed by atoms with E-state index < -0.39 is 10.0 Å². The number of hydrogen-bond acceptors (Lipinski definition) is 2. The first-order chi connectivity index (χ1) is 9.64. The van der Waals surface area contributed by atoms with E-state index in [1.165, 1.54) is 24.8 Å². The normalized spacial score (nSPS) is 17.2. The van der Waals surface area contributed by atoms with Crippen LogP contribution in [0, 0.1) is 0 Å². The van der Waals surface area contributed by atoms with Crippen molar-refractivity contribution in [2.45, 2.75) is 56.8 Å². The van der Waals surface area contributed by atoms with Gasteiger partial charge in [0, 0.05) is 13.1 Å². The zero-order valence-corrected chi connectivity index (χ0v) is 13.2. The van der Waals surface area contributed by atoms with Crippen LogP contribution in [0.2, 0.25) is 0 Å². The minimum atomic E-state index is -3.27. The predicted octanol–water partition coefficient (Wildman–Crippen LogP) is 3.59. The van der Waals surface area contributed by atoms with Gasteiger partial charge in [-0.25, -0.2) is 8.42 Å². The average molecular weight is 295 g/mol. The third-order valence-electron chi connectivity index (χ3n) is 3.95. The van der Waals surface area contributed by atoms with Crippen LogP contribution in [0.3, 0.4) is 0 Å². The van der Waals surface area contributed by atoms with Gasteiger partial charge in [0.1, 0.15) is 0 Å². The summed E-state index contributed by atoms with van der Waals surface area (Å²) in [6.07, 6.45) is 7.76. The average Bonchev–Trinajstić information content (AvgIpc) is 2.49. The highest BCUT2D eigenvalue weighted by molar-refractivity contribution is 7.89. The van der Waals surface area contributed by atoms with Gasteiger partial charge < -0.3 is 0 Å². The van der Waals surface area contributed by atoms with Crippen molar-refractivity contribution in [1.29, 1.82) is 0 Å². The maximum Gasteiger partial charge on any atom is 0.243 e. The molecule has 3 nitrogen and oxygen atoms in total. The van der Waals surface area contributed by atoms with E-state index in [0.717, 1.165) is 25.7 Å². The molecule has 1 aromatic carbocycles. The van der Waals surface area contributed by atoms with Gasteiger partial charge in [-0.2, -0.15) is 4.31 Å². The lowest BCUT2D eigenvalue weighted by Crippen LogP contribution is -2.35. The number of benzene rings is 1. The van der Waals surface area contributed by atoms with Gasteiger partial charge in [-0.3, -0.25) is 0 Å². The molecule has 0 aliphatic carbocycles. The highest BCUT2D eigenvalue weighted by Crippen LogP contribution is 2.21. The Morgan fingerprint density at radius 3 is 2.25 bits per heavy atom. The quantitative estimate of drug-likeness (QED) is 0.752. The fraction of sp³-hybridized carbons (Fsp3) is 0.625. The molecule has 1 aliphatic heterocycles. The zero-order chi connectivity index (χ0) is 14.4. The molecule has 20 heavy (non-hydrogen) atoms. The van der Waals surface area contributed by atoms with Crippen LogP contribution in [0.5, 0.6) is 0 Å². The Morgan fingerprint density at radius 1 is 1.00 bits per heavy atom. The lowest BCUT2D eigenvalue weighted by molar-refractivity contribution is 0.346. The lowest BCUT2D eigenvalue weighted by atomic mass is 10.1. The molecular formula is C16H25NO2S. The van der Waals surface area contributed by atoms with E-state index in [-0.39, 0.29) is 0 Å². The Balaban J connectivity index is 2.04. The van der Waals surface area contributed by atoms with Gasteiger partial charge in [0.05, 0.1) is 4.90 Å². The summed E-state index contributed by atoms with van der Waals surface area (Å²) in [5, 5.41) is 0. The van der Waals surface area contributed by atoms with Gasteiger partial charge in [-0.05, 0) is 43.4 Å². The van der Waals surface area contributed by atoms with Crippen LogP contribution in [0.15, 0.2) is 29.2 Å². The first-order valence-electron chi connectivity index (χ1n) is 7.73. The van der Waals surface area contributed by atoms with Gasteiger partial charge in [-0.15, -0.1) is 0 Å². The molecule has 1 fully saturated rings. The fourth-order valence-corrected chi connectivity index (χ4v) is 4.18. The molecule has 0 radical (unpaired) electrons. The Bertz CT molecular complexity index is 502. The molecule has 0 spiro atoms. The summed E-state index contributed by atoms with van der Waals surface area (Å²) in [5.41, 5.74) is 1.23. The minimum Gasteiger partial charge on any atom is -0.207 e. The van der Waals surface area contributed by atoms with Crippen LogP contribution in [0.1, 0.15) is 51.0 Å². The SMILES string of the molecule is CCCCCc1ccc(S(=O)(=O)N2CCCCC2)cc1. The molecule has 0 amide bonds. The van der Waals surface area contributed by atoms with Crippen LogP contribution < -0.4 is 0 Å². The number of unbranched alkanes of at least 4 members (excludes halogenated alkanes) is 2. The third-order valence-corrected chi connectivity index (χ3v) is 5.86. The van der Waals surface area contributed by atoms with Gasteiger partial charge >= 0.3 is 0 Å². The number of aryl methyl sites for hydroxylation is 1. The van der Waals surface area contributed by atoms with Crippen molar-refractivity contribution in [3.63, 3.8) is 0 Å². The van der Waals surface area contributed by atoms with E-state index in [9.17, 15) is 8.42 Å². The molecular weight excluding hydrogens is 270 g/mol. The number of rotatable bonds is 6. The molecule has 1 aliphatic rings. The molecule has 1 heterocycles. The summed E-state index contributed by atoms with van der Waals surface area (Å²) < 4.78 is 26.6. The number of hydrogen-bond donors (Lipinski definition) is 0. The van der Waals surface area contributed by atoms with E-state index in [4.69, 9.17) is 0 Å². The fourth-order valence-electron chi connectivity index (χ4n) is 2.66. The van der Waals surface area contributed by atoms with Crippen molar-refractivity contribution in [3.05, 3.63) is 29.8 Å². The second kappa shape index (κ2) is 7.23. The number of nitrogens with zero attached hydrogens (tertiary/aromatic N) is 1. The lowest BCUT2D eigenvalue weighted by Gasteiger charge is -2.25. The van der Waals surface area contributed by atoms with E-state index >= 15 is 0 Å². The van der Waals surface area contributed by atoms with E-state index in [0.29, 0.717) is 18.0 Å². The summed E-state index contributed by atoms with van der Waals surface area (Å²) in [5.74, 6) is 0. The second-order valence-electron chi connectivity index (χ2n) is 5.57. The van der Waals surface area contributed by atoms with Crippen LogP contribution in [-0.4, -0.2) is 25.8 Å². The topological polar surface area (TPSA) is 37.4 Å². The molecule has 1 saturated heterocycles. The maximum absolute atomic E-state index is 12.5. The molecule has 0 saturated carbocycles. The van der Waals surface area contributed by atoms with Crippen LogP contribution in [-0.2, 0) is 16.4 Å². The predicted molar refractivity (Wildman–Crippen MR) is 82.3 cm³/mol. The second-order valence-corrected chi connectivity index (χ2v) is 7.50. The van der Waals surface area contributed by atoms with Gasteiger partial charge in [0.2, 0.25) is 10.0 Å². The highest BCUT2D eigenvalue weighted by Gasteiger charge is 2.25. The Morgan fingerprint density at radius 2 is 1.65 bits per heavy atom. The highest BCUT2D eigenvalue weighted by atomic mass is 32.2. The molecule has 2 rings (SSSR count). The zero-order valence-electron chi connectivity index (χ0n) is 12.3. The van der Waals surface area contributed by atoms with Crippen LogP contribution in [0.25, 0.3) is 0 Å². The summed E-state index contributed by atoms with van der Waals surface area (Å²) >= 11 is 0. The summed E-state index contributed by atoms with van der Waals surface area (Å²) in [4.78, 5) is 0.443. The standard InChI is InChI=1S/C16H25NO2S/c1-2-3-5-8-15-9-11-16(12-10-15)20(18,19)17-13-6-4-7-14-17/h9-12H,2-8,13-14H2,1H3. The van der Waals surface area contributed by atoms with E-state index in [2.05, 4.69) is 6.92 Å². The molecule has 1 aromatic rings. The third kappa shape index (κ3) is 3.83. The Labute approximate surface area is 123 Å². The summed E-state index contributed by atoms with van der Waals surface area (Å²) in [6, 6.07) is 7.47. The van der Waals surface area contributed by atoms with Gasteiger partial charge in [0.15, 0.2) is 0 Å². The Hall–Kier alpha value is -0.870.